The van der Waals surface area contributed by atoms with Crippen LogP contribution in [-0.4, -0.2) is 39.5 Å². The van der Waals surface area contributed by atoms with Crippen molar-refractivity contribution >= 4 is 29.3 Å². The molecule has 4 atom stereocenters. The molecule has 7 nitrogen and oxygen atoms in total. The first kappa shape index (κ1) is 65.2. The molecule has 3 saturated carbocycles. The molecule has 0 aromatic rings. The Labute approximate surface area is 391 Å². The van der Waals surface area contributed by atoms with Crippen LogP contribution >= 0.6 is 0 Å². The van der Waals surface area contributed by atoms with Crippen LogP contribution in [0.25, 0.3) is 0 Å². The first-order valence-electron chi connectivity index (χ1n) is 24.4. The summed E-state index contributed by atoms with van der Waals surface area (Å²) in [5, 5.41) is 18.0. The van der Waals surface area contributed by atoms with Crippen LogP contribution in [-0.2, 0) is 24.0 Å². The van der Waals surface area contributed by atoms with E-state index in [0.29, 0.717) is 23.4 Å². The highest BCUT2D eigenvalue weighted by Gasteiger charge is 2.66. The molecule has 3 aliphatic carbocycles. The van der Waals surface area contributed by atoms with Crippen LogP contribution in [0.2, 0.25) is 0 Å². The molecule has 0 heterocycles. The molecule has 3 aliphatic rings. The van der Waals surface area contributed by atoms with Crippen LogP contribution in [0.5, 0.6) is 0 Å². The zero-order valence-electron chi connectivity index (χ0n) is 45.4. The summed E-state index contributed by atoms with van der Waals surface area (Å²) in [7, 11) is 0. The quantitative estimate of drug-likeness (QED) is 0.224. The summed E-state index contributed by atoms with van der Waals surface area (Å²) in [4.78, 5) is 56.2. The van der Waals surface area contributed by atoms with Gasteiger partial charge in [-0.15, -0.1) is 0 Å². The molecule has 3 rings (SSSR count). The van der Waals surface area contributed by atoms with Crippen LogP contribution in [0.4, 0.5) is 0 Å². The van der Waals surface area contributed by atoms with Gasteiger partial charge in [0.1, 0.15) is 17.3 Å². The molecule has 0 spiro atoms. The van der Waals surface area contributed by atoms with Gasteiger partial charge in [-0.25, -0.2) is 0 Å². The molecule has 7 heteroatoms. The van der Waals surface area contributed by atoms with Crippen LogP contribution < -0.4 is 0 Å². The predicted molar refractivity (Wildman–Crippen MR) is 269 cm³/mol. The van der Waals surface area contributed by atoms with Gasteiger partial charge in [0.05, 0.1) is 11.8 Å². The van der Waals surface area contributed by atoms with Crippen LogP contribution in [0.15, 0.2) is 0 Å². The van der Waals surface area contributed by atoms with Crippen molar-refractivity contribution in [1.29, 1.82) is 0 Å². The number of carboxylic acid groups (broad SMARTS) is 2. The molecule has 0 aromatic heterocycles. The number of hydrogen-bond donors (Lipinski definition) is 2. The predicted octanol–water partition coefficient (Wildman–Crippen LogP) is 16.4. The van der Waals surface area contributed by atoms with Gasteiger partial charge in [-0.2, -0.15) is 0 Å². The molecular weight excluding hydrogens is 785 g/mol. The second-order valence-electron chi connectivity index (χ2n) is 26.9. The van der Waals surface area contributed by atoms with Gasteiger partial charge in [0.25, 0.3) is 0 Å². The van der Waals surface area contributed by atoms with Gasteiger partial charge < -0.3 is 10.2 Å². The second kappa shape index (κ2) is 24.6. The van der Waals surface area contributed by atoms with E-state index in [0.717, 1.165) is 64.2 Å². The average molecular weight is 893 g/mol. The minimum absolute atomic E-state index is 0. The van der Waals surface area contributed by atoms with Gasteiger partial charge in [0, 0.05) is 16.2 Å². The Hall–Kier alpha value is -2.05. The average Bonchev–Trinajstić information content (AvgIpc) is 3.38. The zero-order chi connectivity index (χ0) is 49.9. The Balaban J connectivity index is -0.000000713. The van der Waals surface area contributed by atoms with E-state index in [1.54, 1.807) is 20.8 Å². The molecule has 0 bridgehead atoms. The molecule has 0 saturated heterocycles. The highest BCUT2D eigenvalue weighted by Crippen LogP contribution is 2.65. The topological polar surface area (TPSA) is 126 Å². The summed E-state index contributed by atoms with van der Waals surface area (Å²) in [6, 6.07) is 0. The number of ketones is 3. The van der Waals surface area contributed by atoms with E-state index < -0.39 is 11.9 Å². The fraction of sp³-hybridized carbons (Fsp3) is 0.911. The molecule has 63 heavy (non-hydrogen) atoms. The van der Waals surface area contributed by atoms with Crippen molar-refractivity contribution in [3.05, 3.63) is 0 Å². The maximum Gasteiger partial charge on any atom is 0.307 e. The van der Waals surface area contributed by atoms with Crippen molar-refractivity contribution in [3.63, 3.8) is 0 Å². The Kier molecular flexibility index (Phi) is 25.5. The van der Waals surface area contributed by atoms with E-state index in [1.165, 1.54) is 19.3 Å². The fourth-order valence-corrected chi connectivity index (χ4v) is 11.5. The number of carboxylic acids is 2. The van der Waals surface area contributed by atoms with Gasteiger partial charge in [0.2, 0.25) is 0 Å². The number of aliphatic carboxylic acids is 2. The lowest BCUT2D eigenvalue weighted by molar-refractivity contribution is -0.147. The lowest BCUT2D eigenvalue weighted by atomic mass is 9.66. The monoisotopic (exact) mass is 893 g/mol. The largest absolute Gasteiger partial charge is 0.481 e. The zero-order valence-corrected chi connectivity index (χ0v) is 45.4. The van der Waals surface area contributed by atoms with Crippen molar-refractivity contribution in [1.82, 2.24) is 0 Å². The normalized spacial score (nSPS) is 22.0. The summed E-state index contributed by atoms with van der Waals surface area (Å²) >= 11 is 0. The van der Waals surface area contributed by atoms with Gasteiger partial charge in [0.15, 0.2) is 0 Å². The molecule has 0 aromatic carbocycles. The third-order valence-corrected chi connectivity index (χ3v) is 14.3. The lowest BCUT2D eigenvalue weighted by Crippen LogP contribution is -2.35. The molecule has 2 N–H and O–H groups in total. The lowest BCUT2D eigenvalue weighted by Gasteiger charge is -2.38. The first-order valence-corrected chi connectivity index (χ1v) is 24.4. The third kappa shape index (κ3) is 22.8. The van der Waals surface area contributed by atoms with E-state index in [-0.39, 0.29) is 73.8 Å². The Morgan fingerprint density at radius 3 is 1.16 bits per heavy atom. The first-order chi connectivity index (χ1) is 27.4. The number of Topliss-reactive ketones (excluding diaryl/α,β-unsaturated/α-hetero) is 3. The van der Waals surface area contributed by atoms with E-state index >= 15 is 0 Å². The Morgan fingerprint density at radius 2 is 0.968 bits per heavy atom. The standard InChI is InChI=1S/C12H22O.C12H24O.C11H20O2.C10H18O2.C10H20O.CH4/c1-10(13)12(7-5-6-8-12)9-11(2,3)4;1-7-12(8-2,10(3)13)9-11(4,5)6;1-11(2,3)9-7-5-4-6-8(9)10(12)13;1-9(2,3)7-6(8(11)12)10(7,4)5;1-8(11)10(5,6)7-9(2,3)4;/h5-9H2,1-4H3;7-9H2,1-6H3;8-9H,4-7H2,1-3H3,(H,12,13);6-7H,1-5H3,(H,11,12);7H2,1-6H3;1H4. The van der Waals surface area contributed by atoms with Gasteiger partial charge in [-0.05, 0) is 123 Å². The fourth-order valence-electron chi connectivity index (χ4n) is 11.5. The van der Waals surface area contributed by atoms with Crippen LogP contribution in [0, 0.1) is 72.4 Å². The summed E-state index contributed by atoms with van der Waals surface area (Å²) in [6.45, 7) is 50.1. The molecule has 374 valence electrons. The number of carbonyl (C=O) groups is 5. The van der Waals surface area contributed by atoms with Crippen molar-refractivity contribution < 1.29 is 34.2 Å². The molecule has 0 aliphatic heterocycles. The van der Waals surface area contributed by atoms with Gasteiger partial charge in [-0.1, -0.05) is 179 Å². The number of rotatable bonds is 10. The van der Waals surface area contributed by atoms with Crippen molar-refractivity contribution in [2.75, 3.05) is 0 Å². The third-order valence-electron chi connectivity index (χ3n) is 14.3. The molecule has 3 fully saturated rings. The summed E-state index contributed by atoms with van der Waals surface area (Å²) < 4.78 is 0. The van der Waals surface area contributed by atoms with Gasteiger partial charge in [-0.3, -0.25) is 24.0 Å². The summed E-state index contributed by atoms with van der Waals surface area (Å²) in [6.07, 6.45) is 13.9. The number of hydrogen-bond acceptors (Lipinski definition) is 5. The molecule has 0 radical (unpaired) electrons. The van der Waals surface area contributed by atoms with Crippen molar-refractivity contribution in [3.8, 4) is 0 Å². The van der Waals surface area contributed by atoms with Crippen LogP contribution in [0.3, 0.4) is 0 Å². The SMILES string of the molecule is C.CC(=O)C(C)(C)CC(C)(C)C.CC(=O)C1(CC(C)(C)C)CCCC1.CC(C)(C)C1C(C(=O)O)C1(C)C.CC(C)(C)C1CCCCC1C(=O)O.CCC(CC)(CC(C)(C)C)C(C)=O. The van der Waals surface area contributed by atoms with Crippen LogP contribution in [0.1, 0.15) is 257 Å². The van der Waals surface area contributed by atoms with Gasteiger partial charge >= 0.3 is 11.9 Å². The highest BCUT2D eigenvalue weighted by atomic mass is 16.4. The molecular formula is C56H108O7. The van der Waals surface area contributed by atoms with E-state index in [9.17, 15) is 24.0 Å². The van der Waals surface area contributed by atoms with Crippen molar-refractivity contribution in [2.24, 2.45) is 72.4 Å². The second-order valence-corrected chi connectivity index (χ2v) is 26.9. The summed E-state index contributed by atoms with van der Waals surface area (Å²) in [5.41, 5.74) is 0.845. The van der Waals surface area contributed by atoms with Crippen molar-refractivity contribution in [2.45, 2.75) is 257 Å². The molecule has 4 unspecified atom stereocenters. The van der Waals surface area contributed by atoms with E-state index in [4.69, 9.17) is 10.2 Å². The maximum absolute atomic E-state index is 11.6. The molecule has 0 amide bonds. The number of carbonyl (C=O) groups excluding carboxylic acids is 3. The summed E-state index contributed by atoms with van der Waals surface area (Å²) in [5.74, 6) is 0.256. The minimum Gasteiger partial charge on any atom is -0.481 e. The van der Waals surface area contributed by atoms with E-state index in [2.05, 4.69) is 118 Å². The highest BCUT2D eigenvalue weighted by molar-refractivity contribution is 5.83. The Bertz CT molecular complexity index is 1390. The minimum atomic E-state index is -0.639. The smallest absolute Gasteiger partial charge is 0.307 e. The van der Waals surface area contributed by atoms with E-state index in [1.807, 2.05) is 27.7 Å². The maximum atomic E-state index is 11.6. The Morgan fingerprint density at radius 1 is 0.556 bits per heavy atom.